The number of hydrogen-bond acceptors (Lipinski definition) is 7. The second kappa shape index (κ2) is 11.3. The number of alkyl carbamates (subject to hydrolysis) is 1. The van der Waals surface area contributed by atoms with Crippen molar-refractivity contribution in [2.24, 2.45) is 0 Å². The first-order chi connectivity index (χ1) is 15.4. The molecule has 3 amide bonds. The molecule has 0 bridgehead atoms. The number of amides is 3. The number of benzene rings is 1. The standard InChI is InChI=1S/C22H31N3O7S/c1-22(2,3)32-21(29)25-16(10-11-33(5)30)19(27)24-17(20(28)31-4)12-14-13-8-6-7-9-15(13)23-18(14)26/h6-9,14,16-17H,10-12H2,1-5H3,(H,23,26)(H,24,27)(H,25,29)/t14?,16-,17-,33?/m0/s1. The van der Waals surface area contributed by atoms with Crippen LogP contribution in [0.5, 0.6) is 0 Å². The molecule has 0 spiro atoms. The molecule has 1 aromatic carbocycles. The van der Waals surface area contributed by atoms with Crippen LogP contribution in [0.3, 0.4) is 0 Å². The van der Waals surface area contributed by atoms with Crippen molar-refractivity contribution in [2.45, 2.75) is 57.2 Å². The molecule has 1 aromatic rings. The molecule has 0 radical (unpaired) electrons. The Morgan fingerprint density at radius 2 is 1.82 bits per heavy atom. The zero-order valence-corrected chi connectivity index (χ0v) is 20.2. The van der Waals surface area contributed by atoms with Gasteiger partial charge in [0.15, 0.2) is 0 Å². The van der Waals surface area contributed by atoms with E-state index in [0.717, 1.165) is 5.56 Å². The van der Waals surface area contributed by atoms with Crippen molar-refractivity contribution >= 4 is 40.4 Å². The Kier molecular flexibility index (Phi) is 8.98. The van der Waals surface area contributed by atoms with Gasteiger partial charge in [-0.2, -0.15) is 0 Å². The normalized spacial score (nSPS) is 17.7. The zero-order valence-electron chi connectivity index (χ0n) is 19.4. The Morgan fingerprint density at radius 3 is 2.42 bits per heavy atom. The average Bonchev–Trinajstić information content (AvgIpc) is 3.03. The van der Waals surface area contributed by atoms with Crippen LogP contribution in [-0.4, -0.2) is 64.9 Å². The maximum absolute atomic E-state index is 13.0. The van der Waals surface area contributed by atoms with Gasteiger partial charge < -0.3 is 25.4 Å². The van der Waals surface area contributed by atoms with Crippen molar-refractivity contribution in [1.82, 2.24) is 10.6 Å². The fourth-order valence-electron chi connectivity index (χ4n) is 3.38. The highest BCUT2D eigenvalue weighted by Crippen LogP contribution is 2.35. The third kappa shape index (κ3) is 7.85. The molecule has 1 heterocycles. The molecular weight excluding hydrogens is 450 g/mol. The van der Waals surface area contributed by atoms with Crippen molar-refractivity contribution in [1.29, 1.82) is 0 Å². The van der Waals surface area contributed by atoms with E-state index in [2.05, 4.69) is 16.0 Å². The number of anilines is 1. The molecule has 2 unspecified atom stereocenters. The number of hydrogen-bond donors (Lipinski definition) is 3. The molecule has 0 aliphatic carbocycles. The molecular formula is C22H31N3O7S. The van der Waals surface area contributed by atoms with Crippen LogP contribution in [0.1, 0.15) is 45.1 Å². The van der Waals surface area contributed by atoms with Gasteiger partial charge in [-0.15, -0.1) is 0 Å². The van der Waals surface area contributed by atoms with Gasteiger partial charge >= 0.3 is 12.1 Å². The minimum atomic E-state index is -1.21. The van der Waals surface area contributed by atoms with Crippen molar-refractivity contribution in [2.75, 3.05) is 24.4 Å². The van der Waals surface area contributed by atoms with Crippen LogP contribution in [0.25, 0.3) is 0 Å². The SMILES string of the molecule is COC(=O)[C@H](CC1C(=O)Nc2ccccc21)NC(=O)[C@H](CCS(C)=O)NC(=O)OC(C)(C)C. The summed E-state index contributed by atoms with van der Waals surface area (Å²) in [6.07, 6.45) is 0.702. The largest absolute Gasteiger partial charge is 0.467 e. The lowest BCUT2D eigenvalue weighted by Gasteiger charge is -2.25. The molecule has 0 aromatic heterocycles. The summed E-state index contributed by atoms with van der Waals surface area (Å²) in [5.41, 5.74) is 0.587. The number of para-hydroxylation sites is 1. The number of carbonyl (C=O) groups excluding carboxylic acids is 4. The van der Waals surface area contributed by atoms with Gasteiger partial charge in [0.1, 0.15) is 17.7 Å². The molecule has 2 rings (SSSR count). The van der Waals surface area contributed by atoms with Gasteiger partial charge in [-0.25, -0.2) is 9.59 Å². The molecule has 3 N–H and O–H groups in total. The smallest absolute Gasteiger partial charge is 0.408 e. The third-order valence-electron chi connectivity index (χ3n) is 4.89. The third-order valence-corrected chi connectivity index (χ3v) is 5.70. The van der Waals surface area contributed by atoms with Crippen molar-refractivity contribution in [3.05, 3.63) is 29.8 Å². The first kappa shape index (κ1) is 26.3. The maximum Gasteiger partial charge on any atom is 0.408 e. The number of nitrogens with one attached hydrogen (secondary N) is 3. The molecule has 0 saturated heterocycles. The molecule has 4 atom stereocenters. The molecule has 0 fully saturated rings. The van der Waals surface area contributed by atoms with E-state index >= 15 is 0 Å². The van der Waals surface area contributed by atoms with E-state index < -0.39 is 52.4 Å². The van der Waals surface area contributed by atoms with E-state index in [-0.39, 0.29) is 24.5 Å². The summed E-state index contributed by atoms with van der Waals surface area (Å²) in [4.78, 5) is 50.1. The molecule has 1 aliphatic rings. The van der Waals surface area contributed by atoms with Crippen molar-refractivity contribution in [3.63, 3.8) is 0 Å². The molecule has 33 heavy (non-hydrogen) atoms. The Bertz CT molecular complexity index is 929. The summed E-state index contributed by atoms with van der Waals surface area (Å²) in [6.45, 7) is 5.04. The van der Waals surface area contributed by atoms with E-state index in [1.54, 1.807) is 45.0 Å². The predicted octanol–water partition coefficient (Wildman–Crippen LogP) is 1.43. The lowest BCUT2D eigenvalue weighted by Crippen LogP contribution is -2.53. The second-order valence-electron chi connectivity index (χ2n) is 8.71. The van der Waals surface area contributed by atoms with Crippen LogP contribution in [0.2, 0.25) is 0 Å². The van der Waals surface area contributed by atoms with Crippen LogP contribution in [0.15, 0.2) is 24.3 Å². The van der Waals surface area contributed by atoms with Gasteiger partial charge in [0, 0.05) is 28.5 Å². The lowest BCUT2D eigenvalue weighted by molar-refractivity contribution is -0.145. The van der Waals surface area contributed by atoms with Crippen LogP contribution in [0.4, 0.5) is 10.5 Å². The Labute approximate surface area is 195 Å². The van der Waals surface area contributed by atoms with Gasteiger partial charge in [-0.3, -0.25) is 13.8 Å². The second-order valence-corrected chi connectivity index (χ2v) is 10.3. The predicted molar refractivity (Wildman–Crippen MR) is 123 cm³/mol. The van der Waals surface area contributed by atoms with Gasteiger partial charge in [0.05, 0.1) is 13.0 Å². The molecule has 0 saturated carbocycles. The molecule has 11 heteroatoms. The van der Waals surface area contributed by atoms with Gasteiger partial charge in [-0.1, -0.05) is 18.2 Å². The van der Waals surface area contributed by atoms with Gasteiger partial charge in [-0.05, 0) is 45.2 Å². The number of methoxy groups -OCH3 is 1. The van der Waals surface area contributed by atoms with E-state index in [1.165, 1.54) is 13.4 Å². The number of esters is 1. The van der Waals surface area contributed by atoms with E-state index in [1.807, 2.05) is 0 Å². The molecule has 1 aliphatic heterocycles. The number of carbonyl (C=O) groups is 4. The highest BCUT2D eigenvalue weighted by atomic mass is 32.2. The van der Waals surface area contributed by atoms with Crippen LogP contribution < -0.4 is 16.0 Å². The van der Waals surface area contributed by atoms with Gasteiger partial charge in [0.25, 0.3) is 0 Å². The molecule has 182 valence electrons. The van der Waals surface area contributed by atoms with Crippen LogP contribution in [-0.2, 0) is 34.7 Å². The van der Waals surface area contributed by atoms with E-state index in [4.69, 9.17) is 9.47 Å². The quantitative estimate of drug-likeness (QED) is 0.453. The van der Waals surface area contributed by atoms with E-state index in [9.17, 15) is 23.4 Å². The maximum atomic E-state index is 13.0. The monoisotopic (exact) mass is 481 g/mol. The summed E-state index contributed by atoms with van der Waals surface area (Å²) < 4.78 is 21.6. The minimum Gasteiger partial charge on any atom is -0.467 e. The first-order valence-electron chi connectivity index (χ1n) is 10.5. The lowest BCUT2D eigenvalue weighted by atomic mass is 9.93. The topological polar surface area (TPSA) is 140 Å². The minimum absolute atomic E-state index is 0.0277. The molecule has 10 nitrogen and oxygen atoms in total. The number of ether oxygens (including phenoxy) is 2. The van der Waals surface area contributed by atoms with Crippen molar-refractivity contribution < 1.29 is 32.9 Å². The van der Waals surface area contributed by atoms with Crippen molar-refractivity contribution in [3.8, 4) is 0 Å². The Hall–Kier alpha value is -2.95. The summed E-state index contributed by atoms with van der Waals surface area (Å²) in [5, 5.41) is 7.80. The van der Waals surface area contributed by atoms with Crippen LogP contribution >= 0.6 is 0 Å². The average molecular weight is 482 g/mol. The van der Waals surface area contributed by atoms with Gasteiger partial charge in [0.2, 0.25) is 11.8 Å². The fourth-order valence-corrected chi connectivity index (χ4v) is 3.94. The summed E-state index contributed by atoms with van der Waals surface area (Å²) in [6, 6.07) is 4.86. The Morgan fingerprint density at radius 1 is 1.15 bits per heavy atom. The highest BCUT2D eigenvalue weighted by Gasteiger charge is 2.36. The summed E-state index contributed by atoms with van der Waals surface area (Å²) >= 11 is 0. The van der Waals surface area contributed by atoms with Crippen LogP contribution in [0, 0.1) is 0 Å². The fraction of sp³-hybridized carbons (Fsp3) is 0.545. The summed E-state index contributed by atoms with van der Waals surface area (Å²) in [7, 11) is -0.0283. The number of rotatable bonds is 9. The highest BCUT2D eigenvalue weighted by molar-refractivity contribution is 7.84. The van der Waals surface area contributed by atoms with E-state index in [0.29, 0.717) is 5.69 Å². The Balaban J connectivity index is 2.17. The summed E-state index contributed by atoms with van der Waals surface area (Å²) in [5.74, 6) is -2.20. The zero-order chi connectivity index (χ0) is 24.8. The first-order valence-corrected chi connectivity index (χ1v) is 12.2. The number of fused-ring (bicyclic) bond motifs is 1.